The summed E-state index contributed by atoms with van der Waals surface area (Å²) in [4.78, 5) is 24.8. The molecule has 1 unspecified atom stereocenters. The largest absolute Gasteiger partial charge is 0.508 e. The first-order chi connectivity index (χ1) is 8.45. The number of hydrogen-bond donors (Lipinski definition) is 1. The monoisotopic (exact) mass is 251 g/mol. The molecule has 0 aromatic heterocycles. The van der Waals surface area contributed by atoms with Gasteiger partial charge in [0.1, 0.15) is 5.75 Å². The number of carbonyl (C=O) groups is 2. The molecule has 0 bridgehead atoms. The predicted octanol–water partition coefficient (Wildman–Crippen LogP) is 1.13. The van der Waals surface area contributed by atoms with Gasteiger partial charge in [-0.05, 0) is 17.7 Å². The van der Waals surface area contributed by atoms with Crippen LogP contribution >= 0.6 is 0 Å². The third-order valence-electron chi connectivity index (χ3n) is 2.63. The summed E-state index contributed by atoms with van der Waals surface area (Å²) in [6, 6.07) is 6.24. The number of benzene rings is 1. The number of methoxy groups -OCH3 is 1. The molecule has 0 aliphatic rings. The zero-order valence-electron chi connectivity index (χ0n) is 10.7. The number of aromatic hydroxyl groups is 1. The van der Waals surface area contributed by atoms with E-state index in [1.165, 1.54) is 24.1 Å². The molecule has 1 atom stereocenters. The summed E-state index contributed by atoms with van der Waals surface area (Å²) < 4.78 is 4.60. The number of esters is 1. The average molecular weight is 251 g/mol. The van der Waals surface area contributed by atoms with E-state index in [2.05, 4.69) is 4.74 Å². The molecular formula is C13H17NO4. The molecule has 1 aromatic carbocycles. The second-order valence-electron chi connectivity index (χ2n) is 4.16. The minimum atomic E-state index is -0.590. The smallest absolute Gasteiger partial charge is 0.306 e. The second kappa shape index (κ2) is 6.05. The lowest BCUT2D eigenvalue weighted by atomic mass is 9.94. The molecule has 0 aliphatic carbocycles. The summed E-state index contributed by atoms with van der Waals surface area (Å²) in [6.07, 6.45) is -0.0156. The number of ether oxygens (including phenoxy) is 1. The molecule has 1 aromatic rings. The van der Waals surface area contributed by atoms with Crippen molar-refractivity contribution in [2.45, 2.75) is 12.3 Å². The fourth-order valence-corrected chi connectivity index (χ4v) is 1.62. The summed E-state index contributed by atoms with van der Waals surface area (Å²) in [5, 5.41) is 9.23. The van der Waals surface area contributed by atoms with Crippen molar-refractivity contribution in [3.8, 4) is 5.75 Å². The van der Waals surface area contributed by atoms with E-state index in [0.29, 0.717) is 5.56 Å². The van der Waals surface area contributed by atoms with Crippen LogP contribution in [0, 0.1) is 0 Å². The van der Waals surface area contributed by atoms with E-state index in [-0.39, 0.29) is 18.1 Å². The topological polar surface area (TPSA) is 66.8 Å². The molecule has 1 amide bonds. The van der Waals surface area contributed by atoms with Gasteiger partial charge in [-0.1, -0.05) is 12.1 Å². The molecular weight excluding hydrogens is 234 g/mol. The van der Waals surface area contributed by atoms with Crippen LogP contribution in [0.2, 0.25) is 0 Å². The van der Waals surface area contributed by atoms with Crippen LogP contribution in [0.25, 0.3) is 0 Å². The van der Waals surface area contributed by atoms with Gasteiger partial charge in [-0.15, -0.1) is 0 Å². The molecule has 0 radical (unpaired) electrons. The fourth-order valence-electron chi connectivity index (χ4n) is 1.62. The molecule has 1 rings (SSSR count). The Morgan fingerprint density at radius 1 is 1.28 bits per heavy atom. The normalized spacial score (nSPS) is 11.7. The Morgan fingerprint density at radius 3 is 2.28 bits per heavy atom. The first-order valence-corrected chi connectivity index (χ1v) is 5.52. The van der Waals surface area contributed by atoms with E-state index in [0.717, 1.165) is 0 Å². The van der Waals surface area contributed by atoms with Gasteiger partial charge in [0.05, 0.1) is 19.4 Å². The van der Waals surface area contributed by atoms with Gasteiger partial charge in [-0.3, -0.25) is 9.59 Å². The summed E-state index contributed by atoms with van der Waals surface area (Å²) in [5.41, 5.74) is 0.678. The highest BCUT2D eigenvalue weighted by molar-refractivity contribution is 5.87. The van der Waals surface area contributed by atoms with E-state index in [9.17, 15) is 14.7 Å². The summed E-state index contributed by atoms with van der Waals surface area (Å²) in [7, 11) is 4.55. The standard InChI is InChI=1S/C13H17NO4/c1-14(2)13(17)11(8-12(16)18-3)9-4-6-10(15)7-5-9/h4-7,11,15H,8H2,1-3H3. The predicted molar refractivity (Wildman–Crippen MR) is 66.2 cm³/mol. The Kier molecular flexibility index (Phi) is 4.71. The van der Waals surface area contributed by atoms with Crippen LogP contribution in [0.1, 0.15) is 17.9 Å². The van der Waals surface area contributed by atoms with Gasteiger partial charge in [-0.25, -0.2) is 0 Å². The molecule has 0 fully saturated rings. The van der Waals surface area contributed by atoms with E-state index in [1.54, 1.807) is 26.2 Å². The van der Waals surface area contributed by atoms with Crippen molar-refractivity contribution in [1.82, 2.24) is 4.90 Å². The van der Waals surface area contributed by atoms with Gasteiger partial charge in [0.25, 0.3) is 0 Å². The number of likely N-dealkylation sites (N-methyl/N-ethyl adjacent to an activating group) is 1. The van der Waals surface area contributed by atoms with Crippen molar-refractivity contribution in [2.24, 2.45) is 0 Å². The Morgan fingerprint density at radius 2 is 1.83 bits per heavy atom. The lowest BCUT2D eigenvalue weighted by Crippen LogP contribution is -2.30. The van der Waals surface area contributed by atoms with Gasteiger partial charge < -0.3 is 14.7 Å². The van der Waals surface area contributed by atoms with Crippen molar-refractivity contribution < 1.29 is 19.4 Å². The first-order valence-electron chi connectivity index (χ1n) is 5.52. The van der Waals surface area contributed by atoms with E-state index in [4.69, 9.17) is 0 Å². The molecule has 98 valence electrons. The van der Waals surface area contributed by atoms with Crippen molar-refractivity contribution in [3.63, 3.8) is 0 Å². The van der Waals surface area contributed by atoms with Gasteiger partial charge in [0.15, 0.2) is 0 Å². The Labute approximate surface area is 106 Å². The van der Waals surface area contributed by atoms with Crippen molar-refractivity contribution in [1.29, 1.82) is 0 Å². The lowest BCUT2D eigenvalue weighted by Gasteiger charge is -2.20. The number of nitrogens with zero attached hydrogens (tertiary/aromatic N) is 1. The summed E-state index contributed by atoms with van der Waals surface area (Å²) in [5.74, 6) is -1.09. The molecule has 0 heterocycles. The molecule has 5 nitrogen and oxygen atoms in total. The molecule has 0 spiro atoms. The van der Waals surface area contributed by atoms with Gasteiger partial charge in [-0.2, -0.15) is 0 Å². The molecule has 0 saturated carbocycles. The van der Waals surface area contributed by atoms with Crippen molar-refractivity contribution >= 4 is 11.9 Å². The van der Waals surface area contributed by atoms with Crippen LogP contribution in [-0.4, -0.2) is 43.1 Å². The SMILES string of the molecule is COC(=O)CC(C(=O)N(C)C)c1ccc(O)cc1. The third-order valence-corrected chi connectivity index (χ3v) is 2.63. The highest BCUT2D eigenvalue weighted by atomic mass is 16.5. The fraction of sp³-hybridized carbons (Fsp3) is 0.385. The lowest BCUT2D eigenvalue weighted by molar-refractivity contribution is -0.144. The average Bonchev–Trinajstić information content (AvgIpc) is 2.36. The quantitative estimate of drug-likeness (QED) is 0.814. The van der Waals surface area contributed by atoms with Crippen LogP contribution in [0.15, 0.2) is 24.3 Å². The molecule has 0 aliphatic heterocycles. The maximum atomic E-state index is 12.0. The van der Waals surface area contributed by atoms with E-state index in [1.807, 2.05) is 0 Å². The zero-order chi connectivity index (χ0) is 13.7. The number of hydrogen-bond acceptors (Lipinski definition) is 4. The van der Waals surface area contributed by atoms with Crippen LogP contribution in [0.3, 0.4) is 0 Å². The molecule has 18 heavy (non-hydrogen) atoms. The highest BCUT2D eigenvalue weighted by Gasteiger charge is 2.25. The maximum absolute atomic E-state index is 12.0. The van der Waals surface area contributed by atoms with E-state index >= 15 is 0 Å². The van der Waals surface area contributed by atoms with Crippen LogP contribution in [0.5, 0.6) is 5.75 Å². The van der Waals surface area contributed by atoms with Crippen LogP contribution in [0.4, 0.5) is 0 Å². The van der Waals surface area contributed by atoms with Gasteiger partial charge >= 0.3 is 5.97 Å². The second-order valence-corrected chi connectivity index (χ2v) is 4.16. The van der Waals surface area contributed by atoms with Crippen LogP contribution in [-0.2, 0) is 14.3 Å². The Bertz CT molecular complexity index is 425. The van der Waals surface area contributed by atoms with Crippen molar-refractivity contribution in [2.75, 3.05) is 21.2 Å². The first kappa shape index (κ1) is 14.0. The number of carbonyl (C=O) groups excluding carboxylic acids is 2. The molecule has 1 N–H and O–H groups in total. The third kappa shape index (κ3) is 3.48. The van der Waals surface area contributed by atoms with Gasteiger partial charge in [0, 0.05) is 14.1 Å². The van der Waals surface area contributed by atoms with Gasteiger partial charge in [0.2, 0.25) is 5.91 Å². The Balaban J connectivity index is 3.00. The molecule has 0 saturated heterocycles. The number of phenolic OH excluding ortho intramolecular Hbond substituents is 1. The summed E-state index contributed by atoms with van der Waals surface area (Å²) in [6.45, 7) is 0. The van der Waals surface area contributed by atoms with Crippen LogP contribution < -0.4 is 0 Å². The Hall–Kier alpha value is -2.04. The van der Waals surface area contributed by atoms with Crippen molar-refractivity contribution in [3.05, 3.63) is 29.8 Å². The number of phenols is 1. The minimum absolute atomic E-state index is 0.0156. The zero-order valence-corrected chi connectivity index (χ0v) is 10.7. The number of rotatable bonds is 4. The minimum Gasteiger partial charge on any atom is -0.508 e. The number of amides is 1. The molecule has 5 heteroatoms. The highest BCUT2D eigenvalue weighted by Crippen LogP contribution is 2.24. The van der Waals surface area contributed by atoms with E-state index < -0.39 is 11.9 Å². The summed E-state index contributed by atoms with van der Waals surface area (Å²) >= 11 is 0. The maximum Gasteiger partial charge on any atom is 0.306 e.